The highest BCUT2D eigenvalue weighted by Gasteiger charge is 2.38. The zero-order valence-electron chi connectivity index (χ0n) is 20.1. The average Bonchev–Trinajstić information content (AvgIpc) is 3.46. The summed E-state index contributed by atoms with van der Waals surface area (Å²) < 4.78 is 0. The molecule has 1 N–H and O–H groups in total. The van der Waals surface area contributed by atoms with Crippen LogP contribution in [-0.2, 0) is 14.4 Å². The molecule has 2 aromatic rings. The monoisotopic (exact) mass is 483 g/mol. The molecule has 0 spiro atoms. The normalized spacial score (nSPS) is 20.0. The van der Waals surface area contributed by atoms with E-state index in [4.69, 9.17) is 0 Å². The third-order valence-corrected chi connectivity index (χ3v) is 7.88. The number of benzene rings is 1. The molecule has 1 aromatic carbocycles. The Bertz CT molecular complexity index is 1030. The molecule has 34 heavy (non-hydrogen) atoms. The first-order chi connectivity index (χ1) is 16.4. The SMILES string of the molecule is CCC[C@H](C)c1nnc(NC(=O)C2CCN(C(=O)[C@@H]3CC(=O)N(c4ccc(C)cc4)C3)CC2)s1. The van der Waals surface area contributed by atoms with Gasteiger partial charge in [0.2, 0.25) is 22.9 Å². The number of likely N-dealkylation sites (tertiary alicyclic amines) is 1. The van der Waals surface area contributed by atoms with Crippen molar-refractivity contribution in [1.82, 2.24) is 15.1 Å². The van der Waals surface area contributed by atoms with Gasteiger partial charge in [0.1, 0.15) is 5.01 Å². The van der Waals surface area contributed by atoms with Gasteiger partial charge in [-0.3, -0.25) is 14.4 Å². The van der Waals surface area contributed by atoms with Gasteiger partial charge in [-0.15, -0.1) is 10.2 Å². The predicted octanol–water partition coefficient (Wildman–Crippen LogP) is 3.98. The number of nitrogens with one attached hydrogen (secondary N) is 1. The number of anilines is 2. The van der Waals surface area contributed by atoms with Gasteiger partial charge in [-0.2, -0.15) is 0 Å². The molecule has 0 unspecified atom stereocenters. The van der Waals surface area contributed by atoms with Gasteiger partial charge in [-0.1, -0.05) is 49.3 Å². The van der Waals surface area contributed by atoms with E-state index in [1.165, 1.54) is 11.3 Å². The van der Waals surface area contributed by atoms with E-state index in [9.17, 15) is 14.4 Å². The van der Waals surface area contributed by atoms with Crippen molar-refractivity contribution < 1.29 is 14.4 Å². The number of aryl methyl sites for hydroxylation is 1. The first-order valence-electron chi connectivity index (χ1n) is 12.2. The molecule has 2 aliphatic heterocycles. The van der Waals surface area contributed by atoms with E-state index in [1.54, 1.807) is 4.90 Å². The highest BCUT2D eigenvalue weighted by atomic mass is 32.1. The van der Waals surface area contributed by atoms with E-state index in [-0.39, 0.29) is 36.0 Å². The summed E-state index contributed by atoms with van der Waals surface area (Å²) in [5, 5.41) is 12.8. The van der Waals surface area contributed by atoms with Gasteiger partial charge in [0.25, 0.3) is 0 Å². The molecule has 4 rings (SSSR count). The average molecular weight is 484 g/mol. The number of aromatic nitrogens is 2. The molecule has 9 heteroatoms. The van der Waals surface area contributed by atoms with Crippen LogP contribution in [0.15, 0.2) is 24.3 Å². The fourth-order valence-corrected chi connectivity index (χ4v) is 5.55. The van der Waals surface area contributed by atoms with Gasteiger partial charge in [-0.25, -0.2) is 0 Å². The zero-order valence-corrected chi connectivity index (χ0v) is 20.9. The molecule has 8 nitrogen and oxygen atoms in total. The second-order valence-electron chi connectivity index (χ2n) is 9.46. The smallest absolute Gasteiger partial charge is 0.229 e. The topological polar surface area (TPSA) is 95.5 Å². The summed E-state index contributed by atoms with van der Waals surface area (Å²) in [7, 11) is 0. The lowest BCUT2D eigenvalue weighted by atomic mass is 9.94. The highest BCUT2D eigenvalue weighted by molar-refractivity contribution is 7.15. The van der Waals surface area contributed by atoms with Crippen molar-refractivity contribution in [3.05, 3.63) is 34.8 Å². The highest BCUT2D eigenvalue weighted by Crippen LogP contribution is 2.30. The summed E-state index contributed by atoms with van der Waals surface area (Å²) in [6, 6.07) is 7.80. The molecule has 2 aliphatic rings. The largest absolute Gasteiger partial charge is 0.342 e. The van der Waals surface area contributed by atoms with Crippen LogP contribution in [0.3, 0.4) is 0 Å². The Labute approximate surface area is 204 Å². The van der Waals surface area contributed by atoms with Crippen molar-refractivity contribution in [3.8, 4) is 0 Å². The Morgan fingerprint density at radius 3 is 2.53 bits per heavy atom. The van der Waals surface area contributed by atoms with Gasteiger partial charge in [-0.05, 0) is 38.3 Å². The van der Waals surface area contributed by atoms with Gasteiger partial charge < -0.3 is 15.1 Å². The Kier molecular flexibility index (Phi) is 7.60. The number of carbonyl (C=O) groups excluding carboxylic acids is 3. The van der Waals surface area contributed by atoms with E-state index in [0.717, 1.165) is 29.1 Å². The third-order valence-electron chi connectivity index (χ3n) is 6.81. The van der Waals surface area contributed by atoms with Crippen LogP contribution in [0.25, 0.3) is 0 Å². The summed E-state index contributed by atoms with van der Waals surface area (Å²) in [5.41, 5.74) is 1.97. The second-order valence-corrected chi connectivity index (χ2v) is 10.5. The maximum absolute atomic E-state index is 13.1. The van der Waals surface area contributed by atoms with Crippen molar-refractivity contribution in [2.75, 3.05) is 29.9 Å². The minimum absolute atomic E-state index is 0.0128. The van der Waals surface area contributed by atoms with E-state index in [2.05, 4.69) is 29.4 Å². The standard InChI is InChI=1S/C25H33N5O3S/c1-4-5-17(3)23-27-28-25(34-23)26-22(32)18-10-12-29(13-11-18)24(33)19-14-21(31)30(15-19)20-8-6-16(2)7-9-20/h6-9,17-19H,4-5,10-15H2,1-3H3,(H,26,28,32)/t17-,19+/m0/s1. The number of piperidine rings is 1. The Balaban J connectivity index is 1.27. The van der Waals surface area contributed by atoms with Crippen LogP contribution in [0.1, 0.15) is 62.4 Å². The van der Waals surface area contributed by atoms with Gasteiger partial charge in [0, 0.05) is 43.6 Å². The molecular weight excluding hydrogens is 450 g/mol. The summed E-state index contributed by atoms with van der Waals surface area (Å²) in [6.45, 7) is 7.74. The summed E-state index contributed by atoms with van der Waals surface area (Å²) in [6.07, 6.45) is 3.59. The van der Waals surface area contributed by atoms with E-state index >= 15 is 0 Å². The third kappa shape index (κ3) is 5.46. The fraction of sp³-hybridized carbons (Fsp3) is 0.560. The van der Waals surface area contributed by atoms with Crippen molar-refractivity contribution in [2.24, 2.45) is 11.8 Å². The first-order valence-corrected chi connectivity index (χ1v) is 13.0. The number of rotatable bonds is 7. The van der Waals surface area contributed by atoms with E-state index in [1.807, 2.05) is 36.1 Å². The molecule has 0 bridgehead atoms. The molecular formula is C25H33N5O3S. The molecule has 2 atom stereocenters. The number of hydrogen-bond acceptors (Lipinski definition) is 6. The first kappa shape index (κ1) is 24.3. The molecule has 182 valence electrons. The maximum Gasteiger partial charge on any atom is 0.229 e. The molecule has 0 radical (unpaired) electrons. The van der Waals surface area contributed by atoms with Crippen molar-refractivity contribution in [3.63, 3.8) is 0 Å². The van der Waals surface area contributed by atoms with E-state index < -0.39 is 0 Å². The molecule has 3 heterocycles. The summed E-state index contributed by atoms with van der Waals surface area (Å²) in [4.78, 5) is 41.9. The maximum atomic E-state index is 13.1. The van der Waals surface area contributed by atoms with Crippen LogP contribution in [0.4, 0.5) is 10.8 Å². The van der Waals surface area contributed by atoms with Crippen LogP contribution in [0, 0.1) is 18.8 Å². The zero-order chi connectivity index (χ0) is 24.2. The quantitative estimate of drug-likeness (QED) is 0.643. The Hall–Kier alpha value is -2.81. The summed E-state index contributed by atoms with van der Waals surface area (Å²) in [5.74, 6) is -0.198. The van der Waals surface area contributed by atoms with Crippen LogP contribution < -0.4 is 10.2 Å². The van der Waals surface area contributed by atoms with Crippen LogP contribution in [0.5, 0.6) is 0 Å². The number of carbonyl (C=O) groups is 3. The van der Waals surface area contributed by atoms with Crippen molar-refractivity contribution in [1.29, 1.82) is 0 Å². The molecule has 1 aromatic heterocycles. The number of nitrogens with zero attached hydrogens (tertiary/aromatic N) is 4. The van der Waals surface area contributed by atoms with Crippen LogP contribution >= 0.6 is 11.3 Å². The number of amides is 3. The minimum atomic E-state index is -0.330. The lowest BCUT2D eigenvalue weighted by molar-refractivity contribution is -0.138. The Morgan fingerprint density at radius 2 is 1.85 bits per heavy atom. The molecule has 3 amide bonds. The number of hydrogen-bond donors (Lipinski definition) is 1. The van der Waals surface area contributed by atoms with Gasteiger partial charge >= 0.3 is 0 Å². The molecule has 0 saturated carbocycles. The van der Waals surface area contributed by atoms with Crippen molar-refractivity contribution in [2.45, 2.75) is 58.8 Å². The molecule has 0 aliphatic carbocycles. The lowest BCUT2D eigenvalue weighted by Crippen LogP contribution is -2.44. The van der Waals surface area contributed by atoms with Gasteiger partial charge in [0.15, 0.2) is 0 Å². The molecule has 2 fully saturated rings. The van der Waals surface area contributed by atoms with E-state index in [0.29, 0.717) is 43.5 Å². The van der Waals surface area contributed by atoms with Gasteiger partial charge in [0.05, 0.1) is 5.92 Å². The second kappa shape index (κ2) is 10.6. The predicted molar refractivity (Wildman–Crippen MR) is 133 cm³/mol. The molecule has 2 saturated heterocycles. The lowest BCUT2D eigenvalue weighted by Gasteiger charge is -2.32. The minimum Gasteiger partial charge on any atom is -0.342 e. The van der Waals surface area contributed by atoms with Crippen LogP contribution in [-0.4, -0.2) is 52.5 Å². The van der Waals surface area contributed by atoms with Crippen molar-refractivity contribution >= 4 is 39.9 Å². The van der Waals surface area contributed by atoms with Crippen LogP contribution in [0.2, 0.25) is 0 Å². The fourth-order valence-electron chi connectivity index (χ4n) is 4.72. The Morgan fingerprint density at radius 1 is 1.15 bits per heavy atom. The summed E-state index contributed by atoms with van der Waals surface area (Å²) >= 11 is 1.44.